The van der Waals surface area contributed by atoms with Crippen LogP contribution in [0.2, 0.25) is 0 Å². The van der Waals surface area contributed by atoms with Gasteiger partial charge >= 0.3 is 5.97 Å². The smallest absolute Gasteiger partial charge is 0.424 e. The number of hydrogen-bond donors (Lipinski definition) is 0. The minimum Gasteiger partial charge on any atom is -0.424 e. The van der Waals surface area contributed by atoms with E-state index < -0.39 is 5.97 Å². The van der Waals surface area contributed by atoms with E-state index >= 15 is 0 Å². The van der Waals surface area contributed by atoms with Crippen LogP contribution in [0.1, 0.15) is 19.4 Å². The summed E-state index contributed by atoms with van der Waals surface area (Å²) in [6.45, 7) is 3.65. The topological polar surface area (TPSA) is 44.8 Å². The van der Waals surface area contributed by atoms with Gasteiger partial charge in [0.25, 0.3) is 5.78 Å². The summed E-state index contributed by atoms with van der Waals surface area (Å²) in [7, 11) is 0. The number of ketones is 1. The predicted molar refractivity (Wildman–Crippen MR) is 86.5 cm³/mol. The van der Waals surface area contributed by atoms with Crippen LogP contribution in [0.25, 0.3) is 5.76 Å². The highest BCUT2D eigenvalue weighted by Crippen LogP contribution is 2.35. The second-order valence-electron chi connectivity index (χ2n) is 5.48. The Morgan fingerprint density at radius 3 is 2.17 bits per heavy atom. The standard InChI is InChI=1S/C19H18O4/c1-14(2)21-19(22-16-11-7-4-8-12-16)18(20)13-17(23-19)15-9-5-3-6-10-15/h3-14H,1-2H3. The van der Waals surface area contributed by atoms with E-state index in [4.69, 9.17) is 14.2 Å². The fourth-order valence-corrected chi connectivity index (χ4v) is 2.31. The van der Waals surface area contributed by atoms with Crippen LogP contribution < -0.4 is 4.74 Å². The molecule has 118 valence electrons. The van der Waals surface area contributed by atoms with Crippen molar-refractivity contribution in [3.63, 3.8) is 0 Å². The minimum absolute atomic E-state index is 0.244. The number of ether oxygens (including phenoxy) is 3. The third kappa shape index (κ3) is 3.27. The predicted octanol–water partition coefficient (Wildman–Crippen LogP) is 3.78. The van der Waals surface area contributed by atoms with Gasteiger partial charge in [-0.1, -0.05) is 48.5 Å². The molecule has 2 aromatic rings. The Hall–Kier alpha value is -2.59. The molecule has 0 aliphatic carbocycles. The molecule has 1 aliphatic heterocycles. The Morgan fingerprint density at radius 2 is 1.57 bits per heavy atom. The molecule has 3 rings (SSSR count). The van der Waals surface area contributed by atoms with Crippen LogP contribution in [0.5, 0.6) is 5.75 Å². The molecule has 0 radical (unpaired) electrons. The molecule has 23 heavy (non-hydrogen) atoms. The summed E-state index contributed by atoms with van der Waals surface area (Å²) >= 11 is 0. The third-order valence-electron chi connectivity index (χ3n) is 3.25. The number of carbonyl (C=O) groups is 1. The van der Waals surface area contributed by atoms with Crippen molar-refractivity contribution >= 4 is 11.5 Å². The van der Waals surface area contributed by atoms with Gasteiger partial charge in [0.2, 0.25) is 0 Å². The van der Waals surface area contributed by atoms with Gasteiger partial charge in [-0.25, -0.2) is 0 Å². The van der Waals surface area contributed by atoms with Gasteiger partial charge in [-0.05, 0) is 26.0 Å². The molecular weight excluding hydrogens is 292 g/mol. The summed E-state index contributed by atoms with van der Waals surface area (Å²) in [4.78, 5) is 12.6. The molecule has 0 spiro atoms. The Bertz CT molecular complexity index is 707. The molecule has 0 saturated heterocycles. The molecule has 1 atom stereocenters. The maximum absolute atomic E-state index is 12.6. The Morgan fingerprint density at radius 1 is 0.957 bits per heavy atom. The molecule has 1 heterocycles. The molecule has 2 aromatic carbocycles. The van der Waals surface area contributed by atoms with E-state index in [0.29, 0.717) is 11.5 Å². The van der Waals surface area contributed by atoms with Crippen molar-refractivity contribution in [2.24, 2.45) is 0 Å². The average molecular weight is 310 g/mol. The third-order valence-corrected chi connectivity index (χ3v) is 3.25. The van der Waals surface area contributed by atoms with Crippen molar-refractivity contribution < 1.29 is 19.0 Å². The molecule has 0 fully saturated rings. The lowest BCUT2D eigenvalue weighted by atomic mass is 10.2. The van der Waals surface area contributed by atoms with Crippen LogP contribution in [0.3, 0.4) is 0 Å². The van der Waals surface area contributed by atoms with Crippen LogP contribution >= 0.6 is 0 Å². The molecule has 0 saturated carbocycles. The lowest BCUT2D eigenvalue weighted by Gasteiger charge is -2.29. The lowest BCUT2D eigenvalue weighted by Crippen LogP contribution is -2.47. The summed E-state index contributed by atoms with van der Waals surface area (Å²) in [5, 5.41) is 0. The molecule has 4 heteroatoms. The highest BCUT2D eigenvalue weighted by atomic mass is 16.9. The SMILES string of the molecule is CC(C)OC1(Oc2ccccc2)OC(c2ccccc2)=CC1=O. The van der Waals surface area contributed by atoms with Crippen LogP contribution in [-0.2, 0) is 14.3 Å². The molecule has 0 amide bonds. The maximum atomic E-state index is 12.6. The zero-order chi connectivity index (χ0) is 16.3. The van der Waals surface area contributed by atoms with E-state index in [1.165, 1.54) is 6.08 Å². The van der Waals surface area contributed by atoms with Crippen molar-refractivity contribution in [2.75, 3.05) is 0 Å². The number of benzene rings is 2. The fraction of sp³-hybridized carbons (Fsp3) is 0.211. The highest BCUT2D eigenvalue weighted by Gasteiger charge is 2.50. The Labute approximate surface area is 135 Å². The zero-order valence-electron chi connectivity index (χ0n) is 13.1. The van der Waals surface area contributed by atoms with E-state index in [-0.39, 0.29) is 11.9 Å². The summed E-state index contributed by atoms with van der Waals surface area (Å²) in [5.74, 6) is -1.20. The first-order valence-corrected chi connectivity index (χ1v) is 7.51. The van der Waals surface area contributed by atoms with Crippen molar-refractivity contribution in [1.29, 1.82) is 0 Å². The van der Waals surface area contributed by atoms with Gasteiger partial charge in [-0.3, -0.25) is 9.53 Å². The van der Waals surface area contributed by atoms with Crippen molar-refractivity contribution in [1.82, 2.24) is 0 Å². The maximum Gasteiger partial charge on any atom is 0.441 e. The Kier molecular flexibility index (Phi) is 4.17. The molecule has 4 nitrogen and oxygen atoms in total. The van der Waals surface area contributed by atoms with Crippen LogP contribution in [0.4, 0.5) is 0 Å². The van der Waals surface area contributed by atoms with Crippen molar-refractivity contribution in [3.05, 3.63) is 72.3 Å². The van der Waals surface area contributed by atoms with Crippen LogP contribution in [0, 0.1) is 0 Å². The average Bonchev–Trinajstić information content (AvgIpc) is 2.85. The second kappa shape index (κ2) is 6.26. The van der Waals surface area contributed by atoms with E-state index in [1.54, 1.807) is 12.1 Å². The largest absolute Gasteiger partial charge is 0.441 e. The minimum atomic E-state index is -1.78. The Balaban J connectivity index is 1.90. The number of para-hydroxylation sites is 1. The van der Waals surface area contributed by atoms with E-state index in [0.717, 1.165) is 5.56 Å². The zero-order valence-corrected chi connectivity index (χ0v) is 13.1. The first kappa shape index (κ1) is 15.3. The van der Waals surface area contributed by atoms with Gasteiger partial charge in [0.05, 0.1) is 6.10 Å². The van der Waals surface area contributed by atoms with Crippen LogP contribution in [-0.4, -0.2) is 17.9 Å². The van der Waals surface area contributed by atoms with Gasteiger partial charge in [-0.2, -0.15) is 0 Å². The summed E-state index contributed by atoms with van der Waals surface area (Å²) in [6, 6.07) is 18.4. The van der Waals surface area contributed by atoms with E-state index in [2.05, 4.69) is 0 Å². The molecule has 1 unspecified atom stereocenters. The molecule has 1 aliphatic rings. The molecule has 0 bridgehead atoms. The molecule has 0 N–H and O–H groups in total. The fourth-order valence-electron chi connectivity index (χ4n) is 2.31. The van der Waals surface area contributed by atoms with Gasteiger partial charge in [0.1, 0.15) is 11.5 Å². The van der Waals surface area contributed by atoms with E-state index in [1.807, 2.05) is 62.4 Å². The van der Waals surface area contributed by atoms with Gasteiger partial charge in [0, 0.05) is 11.6 Å². The number of rotatable bonds is 5. The normalized spacial score (nSPS) is 20.3. The summed E-state index contributed by atoms with van der Waals surface area (Å²) in [6.07, 6.45) is 1.17. The monoisotopic (exact) mass is 310 g/mol. The number of carbonyl (C=O) groups excluding carboxylic acids is 1. The molecular formula is C19H18O4. The van der Waals surface area contributed by atoms with Crippen molar-refractivity contribution in [2.45, 2.75) is 25.9 Å². The first-order chi connectivity index (χ1) is 11.1. The van der Waals surface area contributed by atoms with E-state index in [9.17, 15) is 4.79 Å². The summed E-state index contributed by atoms with van der Waals surface area (Å²) < 4.78 is 17.3. The summed E-state index contributed by atoms with van der Waals surface area (Å²) in [5.41, 5.74) is 0.798. The highest BCUT2D eigenvalue weighted by molar-refractivity contribution is 6.03. The number of hydrogen-bond acceptors (Lipinski definition) is 4. The second-order valence-corrected chi connectivity index (χ2v) is 5.48. The first-order valence-electron chi connectivity index (χ1n) is 7.51. The molecule has 0 aromatic heterocycles. The van der Waals surface area contributed by atoms with Gasteiger partial charge in [0.15, 0.2) is 0 Å². The van der Waals surface area contributed by atoms with Gasteiger partial charge in [-0.15, -0.1) is 0 Å². The van der Waals surface area contributed by atoms with Crippen molar-refractivity contribution in [3.8, 4) is 5.75 Å². The van der Waals surface area contributed by atoms with Crippen LogP contribution in [0.15, 0.2) is 66.7 Å². The van der Waals surface area contributed by atoms with Gasteiger partial charge < -0.3 is 9.47 Å². The lowest BCUT2D eigenvalue weighted by molar-refractivity contribution is -0.296. The quantitative estimate of drug-likeness (QED) is 0.788.